The van der Waals surface area contributed by atoms with Crippen LogP contribution >= 0.6 is 0 Å². The Balaban J connectivity index is 1.70. The molecule has 4 heteroatoms. The zero-order valence-corrected chi connectivity index (χ0v) is 9.16. The maximum Gasteiger partial charge on any atom is 0.393 e. The van der Waals surface area contributed by atoms with E-state index in [1.165, 1.54) is 12.8 Å². The summed E-state index contributed by atoms with van der Waals surface area (Å²) < 4.78 is 10.6. The Labute approximate surface area is 90.0 Å². The van der Waals surface area contributed by atoms with Gasteiger partial charge in [-0.15, -0.1) is 0 Å². The molecule has 0 atom stereocenters. The minimum absolute atomic E-state index is 0.412. The summed E-state index contributed by atoms with van der Waals surface area (Å²) in [5.41, 5.74) is 0.911. The predicted octanol–water partition coefficient (Wildman–Crippen LogP) is 1.96. The first-order valence-corrected chi connectivity index (χ1v) is 5.66. The van der Waals surface area contributed by atoms with Crippen LogP contribution in [0.4, 0.5) is 0 Å². The highest BCUT2D eigenvalue weighted by Crippen LogP contribution is 2.29. The molecule has 1 saturated carbocycles. The van der Waals surface area contributed by atoms with Crippen LogP contribution in [-0.4, -0.2) is 18.1 Å². The lowest BCUT2D eigenvalue weighted by Gasteiger charge is -1.98. The molecule has 0 spiro atoms. The number of oxazole rings is 1. The second kappa shape index (κ2) is 5.16. The van der Waals surface area contributed by atoms with Crippen LogP contribution in [0.3, 0.4) is 0 Å². The molecule has 0 radical (unpaired) electrons. The van der Waals surface area contributed by atoms with E-state index >= 15 is 0 Å². The van der Waals surface area contributed by atoms with Crippen LogP contribution in [0.1, 0.15) is 31.9 Å². The molecule has 0 aromatic carbocycles. The van der Waals surface area contributed by atoms with Crippen molar-refractivity contribution in [2.75, 3.05) is 13.2 Å². The van der Waals surface area contributed by atoms with Crippen molar-refractivity contribution in [3.8, 4) is 6.08 Å². The van der Waals surface area contributed by atoms with Gasteiger partial charge in [0.2, 0.25) is 0 Å². The van der Waals surface area contributed by atoms with Crippen molar-refractivity contribution in [1.29, 1.82) is 0 Å². The lowest BCUT2D eigenvalue weighted by Crippen LogP contribution is -2.13. The number of nitrogens with one attached hydrogen (secondary N) is 1. The van der Waals surface area contributed by atoms with E-state index in [4.69, 9.17) is 9.15 Å². The summed E-state index contributed by atoms with van der Waals surface area (Å²) in [6, 6.07) is 0. The largest absolute Gasteiger partial charge is 0.450 e. The second-order valence-electron chi connectivity index (χ2n) is 4.04. The molecular weight excluding hydrogens is 192 g/mol. The Morgan fingerprint density at radius 3 is 3.20 bits per heavy atom. The molecule has 1 aliphatic carbocycles. The molecule has 0 aliphatic heterocycles. The number of aromatic nitrogens is 1. The summed E-state index contributed by atoms with van der Waals surface area (Å²) in [6.07, 6.45) is 5.76. The van der Waals surface area contributed by atoms with Gasteiger partial charge >= 0.3 is 6.08 Å². The topological polar surface area (TPSA) is 47.3 Å². The Morgan fingerprint density at radius 2 is 2.47 bits per heavy atom. The number of hydrogen-bond acceptors (Lipinski definition) is 4. The highest BCUT2D eigenvalue weighted by molar-refractivity contribution is 4.99. The van der Waals surface area contributed by atoms with E-state index < -0.39 is 0 Å². The fourth-order valence-corrected chi connectivity index (χ4v) is 1.30. The average molecular weight is 210 g/mol. The SMILES string of the molecule is CCCNCc1coc(OCC2CC2)n1. The Bertz CT molecular complexity index is 295. The van der Waals surface area contributed by atoms with E-state index in [0.717, 1.165) is 37.7 Å². The molecule has 0 amide bonds. The minimum Gasteiger partial charge on any atom is -0.450 e. The van der Waals surface area contributed by atoms with Crippen LogP contribution in [0.15, 0.2) is 10.7 Å². The molecule has 1 heterocycles. The molecule has 1 N–H and O–H groups in total. The first kappa shape index (κ1) is 10.5. The summed E-state index contributed by atoms with van der Waals surface area (Å²) in [4.78, 5) is 4.23. The second-order valence-corrected chi connectivity index (χ2v) is 4.04. The minimum atomic E-state index is 0.412. The van der Waals surface area contributed by atoms with Crippen molar-refractivity contribution >= 4 is 0 Å². The maximum absolute atomic E-state index is 5.41. The number of rotatable bonds is 7. The predicted molar refractivity (Wildman–Crippen MR) is 56.7 cm³/mol. The molecule has 0 bridgehead atoms. The molecule has 4 nitrogen and oxygen atoms in total. The molecule has 1 aromatic heterocycles. The van der Waals surface area contributed by atoms with Crippen molar-refractivity contribution in [3.63, 3.8) is 0 Å². The molecule has 0 unspecified atom stereocenters. The third-order valence-electron chi connectivity index (χ3n) is 2.40. The molecule has 0 saturated heterocycles. The Hall–Kier alpha value is -1.03. The monoisotopic (exact) mass is 210 g/mol. The smallest absolute Gasteiger partial charge is 0.393 e. The zero-order valence-electron chi connectivity index (χ0n) is 9.16. The normalized spacial score (nSPS) is 15.5. The van der Waals surface area contributed by atoms with E-state index in [-0.39, 0.29) is 0 Å². The van der Waals surface area contributed by atoms with Crippen LogP contribution < -0.4 is 10.1 Å². The van der Waals surface area contributed by atoms with E-state index in [1.807, 2.05) is 0 Å². The van der Waals surface area contributed by atoms with Crippen LogP contribution in [0.2, 0.25) is 0 Å². The van der Waals surface area contributed by atoms with Crippen molar-refractivity contribution in [2.45, 2.75) is 32.7 Å². The van der Waals surface area contributed by atoms with Crippen molar-refractivity contribution in [1.82, 2.24) is 10.3 Å². The fourth-order valence-electron chi connectivity index (χ4n) is 1.30. The maximum atomic E-state index is 5.41. The highest BCUT2D eigenvalue weighted by Gasteiger charge is 2.22. The molecule has 15 heavy (non-hydrogen) atoms. The van der Waals surface area contributed by atoms with Crippen LogP contribution in [0.5, 0.6) is 6.08 Å². The first-order valence-electron chi connectivity index (χ1n) is 5.66. The standard InChI is InChI=1S/C11H18N2O2/c1-2-5-12-6-10-8-15-11(13-10)14-7-9-3-4-9/h8-9,12H,2-7H2,1H3. The van der Waals surface area contributed by atoms with Gasteiger partial charge in [0.1, 0.15) is 6.26 Å². The molecule has 1 aliphatic rings. The molecule has 1 aromatic rings. The van der Waals surface area contributed by atoms with Gasteiger partial charge in [-0.1, -0.05) is 6.92 Å². The van der Waals surface area contributed by atoms with Gasteiger partial charge in [0, 0.05) is 6.54 Å². The quantitative estimate of drug-likeness (QED) is 0.699. The summed E-state index contributed by atoms with van der Waals surface area (Å²) in [6.45, 7) is 4.65. The van der Waals surface area contributed by atoms with Gasteiger partial charge in [0.25, 0.3) is 0 Å². The average Bonchev–Trinajstić information content (AvgIpc) is 2.97. The fraction of sp³-hybridized carbons (Fsp3) is 0.727. The Morgan fingerprint density at radius 1 is 1.60 bits per heavy atom. The van der Waals surface area contributed by atoms with Crippen LogP contribution in [-0.2, 0) is 6.54 Å². The molecule has 1 fully saturated rings. The van der Waals surface area contributed by atoms with Gasteiger partial charge < -0.3 is 14.5 Å². The lowest BCUT2D eigenvalue weighted by atomic mass is 10.4. The molecule has 2 rings (SSSR count). The van der Waals surface area contributed by atoms with Crippen molar-refractivity contribution in [2.24, 2.45) is 5.92 Å². The van der Waals surface area contributed by atoms with Gasteiger partial charge in [0.15, 0.2) is 0 Å². The third-order valence-corrected chi connectivity index (χ3v) is 2.40. The zero-order chi connectivity index (χ0) is 10.5. The van der Waals surface area contributed by atoms with E-state index in [9.17, 15) is 0 Å². The number of nitrogens with zero attached hydrogens (tertiary/aromatic N) is 1. The highest BCUT2D eigenvalue weighted by atomic mass is 16.6. The third kappa shape index (κ3) is 3.55. The Kier molecular flexibility index (Phi) is 3.61. The summed E-state index contributed by atoms with van der Waals surface area (Å²) in [7, 11) is 0. The lowest BCUT2D eigenvalue weighted by molar-refractivity contribution is 0.219. The summed E-state index contributed by atoms with van der Waals surface area (Å²) in [5, 5.41) is 3.26. The first-order chi connectivity index (χ1) is 7.38. The molecular formula is C11H18N2O2. The van der Waals surface area contributed by atoms with E-state index in [1.54, 1.807) is 6.26 Å². The van der Waals surface area contributed by atoms with Gasteiger partial charge in [-0.2, -0.15) is 4.98 Å². The number of ether oxygens (including phenoxy) is 1. The van der Waals surface area contributed by atoms with Crippen molar-refractivity contribution < 1.29 is 9.15 Å². The van der Waals surface area contributed by atoms with E-state index in [0.29, 0.717) is 6.08 Å². The van der Waals surface area contributed by atoms with Crippen molar-refractivity contribution in [3.05, 3.63) is 12.0 Å². The van der Waals surface area contributed by atoms with Gasteiger partial charge in [0.05, 0.1) is 12.3 Å². The van der Waals surface area contributed by atoms with Gasteiger partial charge in [-0.25, -0.2) is 0 Å². The summed E-state index contributed by atoms with van der Waals surface area (Å²) >= 11 is 0. The molecule has 84 valence electrons. The van der Waals surface area contributed by atoms with Gasteiger partial charge in [-0.3, -0.25) is 0 Å². The van der Waals surface area contributed by atoms with Gasteiger partial charge in [-0.05, 0) is 31.7 Å². The summed E-state index contributed by atoms with van der Waals surface area (Å²) in [5.74, 6) is 0.735. The van der Waals surface area contributed by atoms with Crippen LogP contribution in [0, 0.1) is 5.92 Å². The number of hydrogen-bond donors (Lipinski definition) is 1. The van der Waals surface area contributed by atoms with E-state index in [2.05, 4.69) is 17.2 Å². The van der Waals surface area contributed by atoms with Crippen LogP contribution in [0.25, 0.3) is 0 Å².